The molecular formula is C18H17N5O2S2. The van der Waals surface area contributed by atoms with Gasteiger partial charge in [-0.15, -0.1) is 11.3 Å². The number of ether oxygens (including phenoxy) is 1. The predicted octanol–water partition coefficient (Wildman–Crippen LogP) is 3.38. The minimum absolute atomic E-state index is 0.330. The molecule has 0 atom stereocenters. The summed E-state index contributed by atoms with van der Waals surface area (Å²) in [6.45, 7) is 2.13. The van der Waals surface area contributed by atoms with E-state index >= 15 is 0 Å². The number of nitrogens with one attached hydrogen (secondary N) is 2. The Kier molecular flexibility index (Phi) is 4.95. The topological polar surface area (TPSA) is 89.0 Å². The van der Waals surface area contributed by atoms with Gasteiger partial charge in [-0.3, -0.25) is 4.98 Å². The molecule has 0 bridgehead atoms. The van der Waals surface area contributed by atoms with Crippen LogP contribution in [0.2, 0.25) is 0 Å². The Bertz CT molecular complexity index is 1020. The second-order valence-corrected chi connectivity index (χ2v) is 7.41. The van der Waals surface area contributed by atoms with Crippen LogP contribution in [0, 0.1) is 0 Å². The molecule has 4 rings (SSSR count). The Hall–Kier alpha value is -2.65. The number of anilines is 1. The average Bonchev–Trinajstić information content (AvgIpc) is 3.32. The van der Waals surface area contributed by atoms with E-state index in [1.165, 1.54) is 11.3 Å². The molecule has 0 amide bonds. The van der Waals surface area contributed by atoms with E-state index in [9.17, 15) is 4.79 Å². The molecule has 2 N–H and O–H groups in total. The summed E-state index contributed by atoms with van der Waals surface area (Å²) in [6, 6.07) is 5.90. The number of pyridine rings is 1. The quantitative estimate of drug-likeness (QED) is 0.499. The van der Waals surface area contributed by atoms with E-state index in [0.29, 0.717) is 45.3 Å². The molecule has 9 heteroatoms. The van der Waals surface area contributed by atoms with Crippen molar-refractivity contribution in [3.05, 3.63) is 34.7 Å². The Balaban J connectivity index is 1.57. The summed E-state index contributed by atoms with van der Waals surface area (Å²) in [7, 11) is 0. The number of rotatable bonds is 5. The fourth-order valence-corrected chi connectivity index (χ4v) is 3.52. The minimum Gasteiger partial charge on any atom is -0.462 e. The zero-order valence-electron chi connectivity index (χ0n) is 14.6. The van der Waals surface area contributed by atoms with E-state index in [0.717, 1.165) is 18.4 Å². The molecular weight excluding hydrogens is 382 g/mol. The monoisotopic (exact) mass is 399 g/mol. The van der Waals surface area contributed by atoms with Crippen molar-refractivity contribution in [1.29, 1.82) is 0 Å². The van der Waals surface area contributed by atoms with E-state index in [2.05, 4.69) is 25.6 Å². The Labute approximate surface area is 165 Å². The van der Waals surface area contributed by atoms with Crippen molar-refractivity contribution in [2.75, 3.05) is 11.9 Å². The van der Waals surface area contributed by atoms with Gasteiger partial charge in [0.25, 0.3) is 0 Å². The van der Waals surface area contributed by atoms with E-state index in [1.54, 1.807) is 19.2 Å². The number of carbonyl (C=O) groups excluding carboxylic acids is 1. The maximum absolute atomic E-state index is 11.8. The Morgan fingerprint density at radius 3 is 3.00 bits per heavy atom. The number of thiophene rings is 1. The first-order chi connectivity index (χ1) is 13.1. The number of hydrogen-bond donors (Lipinski definition) is 2. The highest BCUT2D eigenvalue weighted by Gasteiger charge is 2.21. The molecule has 0 unspecified atom stereocenters. The molecule has 0 spiro atoms. The Morgan fingerprint density at radius 2 is 2.22 bits per heavy atom. The Morgan fingerprint density at radius 1 is 1.37 bits per heavy atom. The van der Waals surface area contributed by atoms with Gasteiger partial charge in [0.05, 0.1) is 18.5 Å². The first-order valence-electron chi connectivity index (χ1n) is 8.59. The highest BCUT2D eigenvalue weighted by molar-refractivity contribution is 7.80. The van der Waals surface area contributed by atoms with Crippen LogP contribution < -0.4 is 10.6 Å². The second kappa shape index (κ2) is 7.53. The van der Waals surface area contributed by atoms with Crippen molar-refractivity contribution in [2.45, 2.75) is 25.8 Å². The van der Waals surface area contributed by atoms with E-state index in [4.69, 9.17) is 17.0 Å². The molecule has 3 aromatic rings. The van der Waals surface area contributed by atoms with Crippen LogP contribution in [0.3, 0.4) is 0 Å². The number of esters is 1. The molecule has 3 heterocycles. The standard InChI is InChI=1S/C18H17N5O2S2/c1-2-25-17(24)14-7-10(9-27-14)13-8-19-12-5-6-15(22-16(12)21-13)23-18(26)20-11-3-4-11/h5-9,11H,2-4H2,1H3,(H2,20,21,22,23,26). The van der Waals surface area contributed by atoms with Gasteiger partial charge in [0.15, 0.2) is 10.8 Å². The summed E-state index contributed by atoms with van der Waals surface area (Å²) in [6.07, 6.45) is 3.97. The summed E-state index contributed by atoms with van der Waals surface area (Å²) in [5.74, 6) is 0.286. The fourth-order valence-electron chi connectivity index (χ4n) is 2.45. The third kappa shape index (κ3) is 4.20. The minimum atomic E-state index is -0.330. The van der Waals surface area contributed by atoms with Gasteiger partial charge in [0.2, 0.25) is 0 Å². The van der Waals surface area contributed by atoms with Crippen LogP contribution in [-0.4, -0.2) is 38.7 Å². The van der Waals surface area contributed by atoms with Crippen LogP contribution in [-0.2, 0) is 4.74 Å². The van der Waals surface area contributed by atoms with Gasteiger partial charge in [0.1, 0.15) is 16.2 Å². The number of hydrogen-bond acceptors (Lipinski definition) is 7. The van der Waals surface area contributed by atoms with Crippen molar-refractivity contribution in [1.82, 2.24) is 20.3 Å². The lowest BCUT2D eigenvalue weighted by Crippen LogP contribution is -2.30. The largest absolute Gasteiger partial charge is 0.462 e. The molecule has 0 aliphatic heterocycles. The molecule has 0 radical (unpaired) electrons. The van der Waals surface area contributed by atoms with Gasteiger partial charge in [-0.2, -0.15) is 0 Å². The molecule has 0 saturated heterocycles. The molecule has 1 aliphatic rings. The predicted molar refractivity (Wildman–Crippen MR) is 109 cm³/mol. The molecule has 1 saturated carbocycles. The maximum atomic E-state index is 11.8. The van der Waals surface area contributed by atoms with Gasteiger partial charge < -0.3 is 15.4 Å². The summed E-state index contributed by atoms with van der Waals surface area (Å²) in [5.41, 5.74) is 2.66. The van der Waals surface area contributed by atoms with Crippen LogP contribution >= 0.6 is 23.6 Å². The van der Waals surface area contributed by atoms with Crippen LogP contribution in [0.1, 0.15) is 29.4 Å². The summed E-state index contributed by atoms with van der Waals surface area (Å²) in [4.78, 5) is 25.9. The second-order valence-electron chi connectivity index (χ2n) is 6.09. The SMILES string of the molecule is CCOC(=O)c1cc(-c2cnc3ccc(NC(=S)NC4CC4)nc3n2)cs1. The van der Waals surface area contributed by atoms with Crippen LogP contribution in [0.15, 0.2) is 29.8 Å². The molecule has 0 aromatic carbocycles. The number of thiocarbonyl (C=S) groups is 1. The van der Waals surface area contributed by atoms with Crippen LogP contribution in [0.5, 0.6) is 0 Å². The zero-order valence-corrected chi connectivity index (χ0v) is 16.2. The van der Waals surface area contributed by atoms with Crippen LogP contribution in [0.4, 0.5) is 5.82 Å². The summed E-state index contributed by atoms with van der Waals surface area (Å²) >= 11 is 6.61. The van der Waals surface area contributed by atoms with Crippen molar-refractivity contribution in [3.63, 3.8) is 0 Å². The van der Waals surface area contributed by atoms with E-state index in [-0.39, 0.29) is 5.97 Å². The molecule has 7 nitrogen and oxygen atoms in total. The highest BCUT2D eigenvalue weighted by Crippen LogP contribution is 2.25. The third-order valence-corrected chi connectivity index (χ3v) is 5.06. The third-order valence-electron chi connectivity index (χ3n) is 3.93. The number of nitrogens with zero attached hydrogens (tertiary/aromatic N) is 3. The number of carbonyl (C=O) groups is 1. The van der Waals surface area contributed by atoms with Gasteiger partial charge in [0, 0.05) is 17.0 Å². The zero-order chi connectivity index (χ0) is 18.8. The van der Waals surface area contributed by atoms with Gasteiger partial charge in [-0.1, -0.05) is 0 Å². The van der Waals surface area contributed by atoms with Gasteiger partial charge >= 0.3 is 5.97 Å². The van der Waals surface area contributed by atoms with Gasteiger partial charge in [-0.05, 0) is 50.2 Å². The smallest absolute Gasteiger partial charge is 0.348 e. The summed E-state index contributed by atoms with van der Waals surface area (Å²) < 4.78 is 5.03. The molecule has 27 heavy (non-hydrogen) atoms. The fraction of sp³-hybridized carbons (Fsp3) is 0.278. The average molecular weight is 400 g/mol. The van der Waals surface area contributed by atoms with Crippen molar-refractivity contribution in [3.8, 4) is 11.3 Å². The van der Waals surface area contributed by atoms with Crippen molar-refractivity contribution < 1.29 is 9.53 Å². The lowest BCUT2D eigenvalue weighted by Gasteiger charge is -2.09. The molecule has 3 aromatic heterocycles. The van der Waals surface area contributed by atoms with Crippen LogP contribution in [0.25, 0.3) is 22.4 Å². The normalized spacial score (nSPS) is 13.4. The highest BCUT2D eigenvalue weighted by atomic mass is 32.1. The lowest BCUT2D eigenvalue weighted by atomic mass is 10.2. The number of fused-ring (bicyclic) bond motifs is 1. The first kappa shape index (κ1) is 17.7. The maximum Gasteiger partial charge on any atom is 0.348 e. The lowest BCUT2D eigenvalue weighted by molar-refractivity contribution is 0.0532. The molecule has 1 fully saturated rings. The number of aromatic nitrogens is 3. The molecule has 138 valence electrons. The van der Waals surface area contributed by atoms with E-state index < -0.39 is 0 Å². The summed E-state index contributed by atoms with van der Waals surface area (Å²) in [5, 5.41) is 8.71. The van der Waals surface area contributed by atoms with Gasteiger partial charge in [-0.25, -0.2) is 14.8 Å². The molecule has 1 aliphatic carbocycles. The van der Waals surface area contributed by atoms with Crippen molar-refractivity contribution in [2.24, 2.45) is 0 Å². The van der Waals surface area contributed by atoms with E-state index in [1.807, 2.05) is 17.5 Å². The first-order valence-corrected chi connectivity index (χ1v) is 9.88. The van der Waals surface area contributed by atoms with Crippen molar-refractivity contribution >= 4 is 51.6 Å².